The molecule has 190 valence electrons. The van der Waals surface area contributed by atoms with Gasteiger partial charge in [-0.15, -0.1) is 0 Å². The average Bonchev–Trinajstić information content (AvgIpc) is 3.17. The molecule has 1 aliphatic rings. The van der Waals surface area contributed by atoms with Gasteiger partial charge in [-0.1, -0.05) is 18.2 Å². The highest BCUT2D eigenvalue weighted by Gasteiger charge is 2.35. The van der Waals surface area contributed by atoms with Crippen molar-refractivity contribution in [2.45, 2.75) is 0 Å². The molecule has 2 amide bonds. The number of imide groups is 1. The number of benzene rings is 2. The summed E-state index contributed by atoms with van der Waals surface area (Å²) in [5.74, 6) is 0.895. The maximum absolute atomic E-state index is 12.9. The molecule has 0 N–H and O–H groups in total. The summed E-state index contributed by atoms with van der Waals surface area (Å²) in [5.41, 5.74) is 0.271. The van der Waals surface area contributed by atoms with Crippen LogP contribution < -0.4 is 18.9 Å². The smallest absolute Gasteiger partial charge is 0.331 e. The molecule has 11 nitrogen and oxygen atoms in total. The molecular weight excluding hydrogens is 502 g/mol. The van der Waals surface area contributed by atoms with Crippen molar-refractivity contribution in [1.29, 1.82) is 0 Å². The highest BCUT2D eigenvalue weighted by atomic mass is 32.2. The number of nitro groups is 1. The van der Waals surface area contributed by atoms with E-state index in [0.29, 0.717) is 17.1 Å². The highest BCUT2D eigenvalue weighted by Crippen LogP contribution is 2.37. The van der Waals surface area contributed by atoms with E-state index in [0.717, 1.165) is 16.7 Å². The van der Waals surface area contributed by atoms with E-state index in [1.807, 2.05) is 6.07 Å². The molecule has 1 aliphatic heterocycles. The predicted octanol–water partition coefficient (Wildman–Crippen LogP) is 4.91. The lowest BCUT2D eigenvalue weighted by atomic mass is 10.2. The van der Waals surface area contributed by atoms with Crippen molar-refractivity contribution >= 4 is 34.7 Å². The number of amides is 2. The number of rotatable bonds is 10. The Hall–Kier alpha value is -4.58. The molecule has 1 aromatic heterocycles. The number of para-hydroxylation sites is 2. The van der Waals surface area contributed by atoms with E-state index < -0.39 is 16.1 Å². The van der Waals surface area contributed by atoms with Crippen LogP contribution in [0, 0.1) is 10.1 Å². The first kappa shape index (κ1) is 25.5. The Labute approximate surface area is 215 Å². The summed E-state index contributed by atoms with van der Waals surface area (Å²) >= 11 is 0.817. The topological polar surface area (TPSA) is 130 Å². The van der Waals surface area contributed by atoms with Gasteiger partial charge in [0.1, 0.15) is 6.61 Å². The summed E-state index contributed by atoms with van der Waals surface area (Å²) in [6.45, 7) is 0.171. The number of methoxy groups -OCH3 is 2. The van der Waals surface area contributed by atoms with Crippen molar-refractivity contribution < 1.29 is 33.5 Å². The largest absolute Gasteiger partial charge is 0.493 e. The zero-order valence-electron chi connectivity index (χ0n) is 19.8. The molecular formula is C25H21N3O8S. The molecule has 0 bridgehead atoms. The fourth-order valence-electron chi connectivity index (χ4n) is 3.39. The maximum Gasteiger partial charge on any atom is 0.331 e. The van der Waals surface area contributed by atoms with E-state index in [2.05, 4.69) is 4.98 Å². The van der Waals surface area contributed by atoms with Gasteiger partial charge in [0.05, 0.1) is 30.6 Å². The van der Waals surface area contributed by atoms with Gasteiger partial charge in [-0.2, -0.15) is 0 Å². The van der Waals surface area contributed by atoms with Gasteiger partial charge in [0.15, 0.2) is 23.0 Å². The maximum atomic E-state index is 12.9. The Balaban J connectivity index is 1.46. The molecule has 2 heterocycles. The second-order valence-corrected chi connectivity index (χ2v) is 8.42. The van der Waals surface area contributed by atoms with E-state index in [-0.39, 0.29) is 41.1 Å². The fraction of sp³-hybridized carbons (Fsp3) is 0.160. The Morgan fingerprint density at radius 2 is 1.76 bits per heavy atom. The number of nitrogens with zero attached hydrogens (tertiary/aromatic N) is 3. The Morgan fingerprint density at radius 1 is 1.00 bits per heavy atom. The molecule has 0 saturated carbocycles. The standard InChI is InChI=1S/C25H21N3O8S/c1-33-18-7-3-4-8-19(18)35-13-12-27-24(29)22(37-25(27)30)15-16-9-10-20(21(14-16)34-2)36-23-17(28(31)32)6-5-11-26-23/h3-11,14-15H,12-13H2,1-2H3/b22-15-. The first-order valence-corrected chi connectivity index (χ1v) is 11.7. The van der Waals surface area contributed by atoms with Crippen LogP contribution in [0.5, 0.6) is 28.9 Å². The summed E-state index contributed by atoms with van der Waals surface area (Å²) < 4.78 is 21.9. The number of thioether (sulfide) groups is 1. The molecule has 37 heavy (non-hydrogen) atoms. The van der Waals surface area contributed by atoms with Crippen molar-refractivity contribution in [2.24, 2.45) is 0 Å². The van der Waals surface area contributed by atoms with Gasteiger partial charge in [0.25, 0.3) is 17.0 Å². The van der Waals surface area contributed by atoms with Gasteiger partial charge in [-0.25, -0.2) is 4.98 Å². The molecule has 1 fully saturated rings. The van der Waals surface area contributed by atoms with Crippen molar-refractivity contribution in [3.63, 3.8) is 0 Å². The predicted molar refractivity (Wildman–Crippen MR) is 135 cm³/mol. The van der Waals surface area contributed by atoms with Crippen LogP contribution in [0.2, 0.25) is 0 Å². The van der Waals surface area contributed by atoms with Crippen molar-refractivity contribution in [1.82, 2.24) is 9.88 Å². The number of carbonyl (C=O) groups excluding carboxylic acids is 2. The van der Waals surface area contributed by atoms with Gasteiger partial charge in [0.2, 0.25) is 0 Å². The van der Waals surface area contributed by atoms with Crippen molar-refractivity contribution in [3.05, 3.63) is 81.4 Å². The van der Waals surface area contributed by atoms with Crippen LogP contribution in [0.3, 0.4) is 0 Å². The van der Waals surface area contributed by atoms with E-state index in [4.69, 9.17) is 18.9 Å². The molecule has 1 saturated heterocycles. The third kappa shape index (κ3) is 5.81. The number of hydrogen-bond acceptors (Lipinski definition) is 10. The van der Waals surface area contributed by atoms with Gasteiger partial charge in [-0.05, 0) is 53.7 Å². The van der Waals surface area contributed by atoms with Crippen LogP contribution in [0.4, 0.5) is 10.5 Å². The minimum absolute atomic E-state index is 0.0685. The van der Waals surface area contributed by atoms with Crippen LogP contribution in [0.25, 0.3) is 6.08 Å². The molecule has 12 heteroatoms. The average molecular weight is 524 g/mol. The summed E-state index contributed by atoms with van der Waals surface area (Å²) in [6, 6.07) is 14.6. The number of pyridine rings is 1. The molecule has 0 radical (unpaired) electrons. The van der Waals surface area contributed by atoms with Crippen LogP contribution in [-0.2, 0) is 4.79 Å². The van der Waals surface area contributed by atoms with Crippen molar-refractivity contribution in [3.8, 4) is 28.9 Å². The lowest BCUT2D eigenvalue weighted by molar-refractivity contribution is -0.386. The number of hydrogen-bond donors (Lipinski definition) is 0. The van der Waals surface area contributed by atoms with Gasteiger partial charge >= 0.3 is 5.69 Å². The van der Waals surface area contributed by atoms with E-state index in [1.54, 1.807) is 36.4 Å². The quantitative estimate of drug-likeness (QED) is 0.205. The molecule has 4 rings (SSSR count). The monoisotopic (exact) mass is 523 g/mol. The van der Waals surface area contributed by atoms with Crippen LogP contribution in [-0.4, -0.2) is 53.3 Å². The molecule has 0 atom stereocenters. The van der Waals surface area contributed by atoms with Crippen LogP contribution in [0.1, 0.15) is 5.56 Å². The van der Waals surface area contributed by atoms with Crippen LogP contribution >= 0.6 is 11.8 Å². The lowest BCUT2D eigenvalue weighted by Crippen LogP contribution is -2.32. The fourth-order valence-corrected chi connectivity index (χ4v) is 4.26. The SMILES string of the molecule is COc1ccccc1OCCN1C(=O)S/C(=C\c2ccc(Oc3ncccc3[N+](=O)[O-])c(OC)c2)C1=O. The summed E-state index contributed by atoms with van der Waals surface area (Å²) in [6.07, 6.45) is 2.93. The Bertz CT molecular complexity index is 1380. The first-order chi connectivity index (χ1) is 17.9. The summed E-state index contributed by atoms with van der Waals surface area (Å²) in [4.78, 5) is 41.2. The number of ether oxygens (including phenoxy) is 4. The molecule has 0 aliphatic carbocycles. The third-order valence-corrected chi connectivity index (χ3v) is 6.06. The van der Waals surface area contributed by atoms with E-state index in [9.17, 15) is 19.7 Å². The first-order valence-electron chi connectivity index (χ1n) is 10.9. The van der Waals surface area contributed by atoms with Gasteiger partial charge in [0, 0.05) is 12.3 Å². The summed E-state index contributed by atoms with van der Waals surface area (Å²) in [7, 11) is 2.94. The van der Waals surface area contributed by atoms with Gasteiger partial charge in [-0.3, -0.25) is 24.6 Å². The summed E-state index contributed by atoms with van der Waals surface area (Å²) in [5, 5.41) is 10.8. The van der Waals surface area contributed by atoms with Crippen molar-refractivity contribution in [2.75, 3.05) is 27.4 Å². The lowest BCUT2D eigenvalue weighted by Gasteiger charge is -2.14. The molecule has 3 aromatic rings. The number of carbonyl (C=O) groups is 2. The molecule has 0 unspecified atom stereocenters. The second kappa shape index (κ2) is 11.4. The second-order valence-electron chi connectivity index (χ2n) is 7.43. The highest BCUT2D eigenvalue weighted by molar-refractivity contribution is 8.18. The normalized spacial score (nSPS) is 14.1. The Morgan fingerprint density at radius 3 is 2.49 bits per heavy atom. The van der Waals surface area contributed by atoms with E-state index in [1.165, 1.54) is 38.6 Å². The molecule has 2 aromatic carbocycles. The van der Waals surface area contributed by atoms with Crippen LogP contribution in [0.15, 0.2) is 65.7 Å². The molecule has 0 spiro atoms. The zero-order chi connectivity index (χ0) is 26.4. The number of aromatic nitrogens is 1. The Kier molecular flexibility index (Phi) is 7.89. The minimum Gasteiger partial charge on any atom is -0.493 e. The van der Waals surface area contributed by atoms with E-state index >= 15 is 0 Å². The van der Waals surface area contributed by atoms with Gasteiger partial charge < -0.3 is 18.9 Å². The minimum atomic E-state index is -0.597. The zero-order valence-corrected chi connectivity index (χ0v) is 20.6. The third-order valence-electron chi connectivity index (χ3n) is 5.15.